The molecule has 0 saturated heterocycles. The molecule has 1 aromatic rings. The number of aryl methyl sites for hydroxylation is 2. The van der Waals surface area contributed by atoms with Crippen LogP contribution in [0.3, 0.4) is 0 Å². The Labute approximate surface area is 113 Å². The highest BCUT2D eigenvalue weighted by atomic mass is 14.9. The van der Waals surface area contributed by atoms with Gasteiger partial charge < -0.3 is 5.32 Å². The minimum Gasteiger partial charge on any atom is -0.385 e. The molecule has 0 aliphatic carbocycles. The molecule has 0 heterocycles. The van der Waals surface area contributed by atoms with Gasteiger partial charge in [-0.3, -0.25) is 0 Å². The van der Waals surface area contributed by atoms with E-state index in [1.807, 2.05) is 0 Å². The molecule has 1 rings (SSSR count). The van der Waals surface area contributed by atoms with Crippen molar-refractivity contribution >= 4 is 5.69 Å². The first-order chi connectivity index (χ1) is 8.72. The van der Waals surface area contributed by atoms with Crippen LogP contribution in [0.25, 0.3) is 0 Å². The molecule has 0 bridgehead atoms. The monoisotopic (exact) mass is 247 g/mol. The zero-order valence-corrected chi connectivity index (χ0v) is 12.4. The van der Waals surface area contributed by atoms with Gasteiger partial charge in [0.15, 0.2) is 0 Å². The molecule has 1 aromatic carbocycles. The number of hydrogen-bond acceptors (Lipinski definition) is 1. The molecule has 1 nitrogen and oxygen atoms in total. The first-order valence-corrected chi connectivity index (χ1v) is 7.54. The Morgan fingerprint density at radius 3 is 1.94 bits per heavy atom. The summed E-state index contributed by atoms with van der Waals surface area (Å²) in [7, 11) is 0. The zero-order chi connectivity index (χ0) is 13.2. The number of nitrogens with one attached hydrogen (secondary N) is 1. The van der Waals surface area contributed by atoms with E-state index in [0.29, 0.717) is 0 Å². The van der Waals surface area contributed by atoms with Crippen LogP contribution in [0.4, 0.5) is 5.69 Å². The summed E-state index contributed by atoms with van der Waals surface area (Å²) < 4.78 is 0. The first-order valence-electron chi connectivity index (χ1n) is 7.54. The number of rotatable bonds is 9. The second kappa shape index (κ2) is 9.02. The predicted octanol–water partition coefficient (Wildman–Crippen LogP) is 5.47. The molecule has 0 aromatic heterocycles. The molecule has 0 amide bonds. The Balaban J connectivity index is 2.07. The van der Waals surface area contributed by atoms with Gasteiger partial charge in [-0.2, -0.15) is 0 Å². The van der Waals surface area contributed by atoms with Crippen molar-refractivity contribution in [1.82, 2.24) is 0 Å². The first kappa shape index (κ1) is 15.1. The maximum Gasteiger partial charge on any atom is 0.0345 e. The lowest BCUT2D eigenvalue weighted by Crippen LogP contribution is -2.01. The molecule has 0 saturated carbocycles. The van der Waals surface area contributed by atoms with Gasteiger partial charge in [-0.15, -0.1) is 0 Å². The zero-order valence-electron chi connectivity index (χ0n) is 12.4. The van der Waals surface area contributed by atoms with Crippen molar-refractivity contribution in [2.45, 2.75) is 65.7 Å². The molecule has 0 spiro atoms. The Kier molecular flexibility index (Phi) is 7.55. The van der Waals surface area contributed by atoms with Crippen LogP contribution < -0.4 is 5.32 Å². The van der Waals surface area contributed by atoms with E-state index in [1.54, 1.807) is 0 Å². The predicted molar refractivity (Wildman–Crippen MR) is 82.4 cm³/mol. The molecule has 102 valence electrons. The fraction of sp³-hybridized carbons (Fsp3) is 0.647. The average molecular weight is 247 g/mol. The molecule has 0 atom stereocenters. The smallest absolute Gasteiger partial charge is 0.0345 e. The Bertz CT molecular complexity index is 310. The molecule has 0 radical (unpaired) electrons. The summed E-state index contributed by atoms with van der Waals surface area (Å²) in [6.45, 7) is 7.70. The van der Waals surface area contributed by atoms with Crippen LogP contribution in [0, 0.1) is 13.8 Å². The molecule has 0 aliphatic heterocycles. The Morgan fingerprint density at radius 2 is 1.33 bits per heavy atom. The van der Waals surface area contributed by atoms with Crippen molar-refractivity contribution in [1.29, 1.82) is 0 Å². The van der Waals surface area contributed by atoms with Crippen LogP contribution in [-0.4, -0.2) is 6.54 Å². The van der Waals surface area contributed by atoms with Gasteiger partial charge in [0, 0.05) is 12.2 Å². The number of unbranched alkanes of at least 4 members (excludes halogenated alkanes) is 6. The van der Waals surface area contributed by atoms with Gasteiger partial charge in [-0.05, 0) is 43.5 Å². The maximum atomic E-state index is 3.53. The second-order valence-corrected chi connectivity index (χ2v) is 5.42. The molecular formula is C17H29N. The summed E-state index contributed by atoms with van der Waals surface area (Å²) in [6, 6.07) is 6.68. The maximum absolute atomic E-state index is 3.53. The fourth-order valence-corrected chi connectivity index (χ4v) is 2.39. The number of hydrogen-bond donors (Lipinski definition) is 1. The highest BCUT2D eigenvalue weighted by molar-refractivity contribution is 5.48. The van der Waals surface area contributed by atoms with Crippen LogP contribution in [-0.2, 0) is 0 Å². The van der Waals surface area contributed by atoms with Gasteiger partial charge in [0.05, 0.1) is 0 Å². The molecule has 0 aliphatic rings. The van der Waals surface area contributed by atoms with E-state index >= 15 is 0 Å². The summed E-state index contributed by atoms with van der Waals surface area (Å²) in [5.41, 5.74) is 3.97. The minimum absolute atomic E-state index is 1.11. The van der Waals surface area contributed by atoms with Crippen LogP contribution in [0.2, 0.25) is 0 Å². The lowest BCUT2D eigenvalue weighted by atomic mass is 10.1. The van der Waals surface area contributed by atoms with E-state index in [0.717, 1.165) is 6.54 Å². The van der Waals surface area contributed by atoms with E-state index in [9.17, 15) is 0 Å². The summed E-state index contributed by atoms with van der Waals surface area (Å²) in [6.07, 6.45) is 9.63. The third kappa shape index (κ3) is 6.68. The van der Waals surface area contributed by atoms with Crippen LogP contribution in [0.15, 0.2) is 18.2 Å². The van der Waals surface area contributed by atoms with Crippen molar-refractivity contribution in [3.8, 4) is 0 Å². The lowest BCUT2D eigenvalue weighted by molar-refractivity contribution is 0.596. The van der Waals surface area contributed by atoms with Gasteiger partial charge in [0.2, 0.25) is 0 Å². The quantitative estimate of drug-likeness (QED) is 0.571. The Morgan fingerprint density at radius 1 is 0.778 bits per heavy atom. The van der Waals surface area contributed by atoms with E-state index in [4.69, 9.17) is 0 Å². The van der Waals surface area contributed by atoms with Crippen molar-refractivity contribution in [3.05, 3.63) is 29.3 Å². The summed E-state index contributed by atoms with van der Waals surface area (Å²) in [5, 5.41) is 3.53. The van der Waals surface area contributed by atoms with E-state index < -0.39 is 0 Å². The highest BCUT2D eigenvalue weighted by Crippen LogP contribution is 2.14. The fourth-order valence-electron chi connectivity index (χ4n) is 2.39. The number of benzene rings is 1. The molecule has 1 N–H and O–H groups in total. The van der Waals surface area contributed by atoms with Crippen molar-refractivity contribution < 1.29 is 0 Å². The van der Waals surface area contributed by atoms with Gasteiger partial charge in [0.25, 0.3) is 0 Å². The third-order valence-corrected chi connectivity index (χ3v) is 3.33. The molecule has 0 fully saturated rings. The average Bonchev–Trinajstić information content (AvgIpc) is 2.31. The van der Waals surface area contributed by atoms with Gasteiger partial charge in [-0.1, -0.05) is 51.5 Å². The van der Waals surface area contributed by atoms with Crippen molar-refractivity contribution in [2.24, 2.45) is 0 Å². The molecular weight excluding hydrogens is 218 g/mol. The van der Waals surface area contributed by atoms with Gasteiger partial charge in [-0.25, -0.2) is 0 Å². The SMILES string of the molecule is CCCCCCCCCNc1cc(C)cc(C)c1. The molecule has 0 unspecified atom stereocenters. The third-order valence-electron chi connectivity index (χ3n) is 3.33. The van der Waals surface area contributed by atoms with Gasteiger partial charge in [0.1, 0.15) is 0 Å². The summed E-state index contributed by atoms with van der Waals surface area (Å²) in [5.74, 6) is 0. The molecule has 18 heavy (non-hydrogen) atoms. The highest BCUT2D eigenvalue weighted by Gasteiger charge is 1.95. The second-order valence-electron chi connectivity index (χ2n) is 5.42. The van der Waals surface area contributed by atoms with Gasteiger partial charge >= 0.3 is 0 Å². The van der Waals surface area contributed by atoms with E-state index in [-0.39, 0.29) is 0 Å². The van der Waals surface area contributed by atoms with Crippen LogP contribution in [0.1, 0.15) is 63.0 Å². The Hall–Kier alpha value is -0.980. The standard InChI is InChI=1S/C17H29N/c1-4-5-6-7-8-9-10-11-18-17-13-15(2)12-16(3)14-17/h12-14,18H,4-11H2,1-3H3. The minimum atomic E-state index is 1.11. The largest absolute Gasteiger partial charge is 0.385 e. The lowest BCUT2D eigenvalue weighted by Gasteiger charge is -2.08. The van der Waals surface area contributed by atoms with E-state index in [1.165, 1.54) is 61.8 Å². The topological polar surface area (TPSA) is 12.0 Å². The summed E-state index contributed by atoms with van der Waals surface area (Å²) in [4.78, 5) is 0. The van der Waals surface area contributed by atoms with E-state index in [2.05, 4.69) is 44.3 Å². The summed E-state index contributed by atoms with van der Waals surface area (Å²) >= 11 is 0. The van der Waals surface area contributed by atoms with Crippen LogP contribution in [0.5, 0.6) is 0 Å². The molecule has 1 heteroatoms. The normalized spacial score (nSPS) is 10.6. The number of anilines is 1. The van der Waals surface area contributed by atoms with Crippen molar-refractivity contribution in [3.63, 3.8) is 0 Å². The van der Waals surface area contributed by atoms with Crippen LogP contribution >= 0.6 is 0 Å². The van der Waals surface area contributed by atoms with Crippen molar-refractivity contribution in [2.75, 3.05) is 11.9 Å².